The third-order valence-electron chi connectivity index (χ3n) is 2.01. The minimum atomic E-state index is 0.718. The topological polar surface area (TPSA) is 47.3 Å². The van der Waals surface area contributed by atoms with Crippen molar-refractivity contribution in [3.05, 3.63) is 0 Å². The Morgan fingerprint density at radius 2 is 2.45 bits per heavy atom. The van der Waals surface area contributed by atoms with Crippen LogP contribution in [0.3, 0.4) is 0 Å². The van der Waals surface area contributed by atoms with Gasteiger partial charge in [-0.05, 0) is 18.8 Å². The number of hydrogen-bond donors (Lipinski definition) is 2. The van der Waals surface area contributed by atoms with Gasteiger partial charge in [0.15, 0.2) is 0 Å². The summed E-state index contributed by atoms with van der Waals surface area (Å²) in [5.41, 5.74) is 5.35. The van der Waals surface area contributed by atoms with Gasteiger partial charge in [0, 0.05) is 26.2 Å². The zero-order valence-electron chi connectivity index (χ0n) is 7.01. The molecule has 0 aromatic heterocycles. The highest BCUT2D eigenvalue weighted by Crippen LogP contribution is 2.11. The van der Waals surface area contributed by atoms with Crippen molar-refractivity contribution < 1.29 is 4.74 Å². The SMILES string of the molecule is NCCNCC1CCCOC1. The number of rotatable bonds is 4. The van der Waals surface area contributed by atoms with Crippen molar-refractivity contribution in [2.24, 2.45) is 11.7 Å². The van der Waals surface area contributed by atoms with Gasteiger partial charge in [0.25, 0.3) is 0 Å². The summed E-state index contributed by atoms with van der Waals surface area (Å²) in [6.07, 6.45) is 2.52. The molecule has 3 nitrogen and oxygen atoms in total. The van der Waals surface area contributed by atoms with E-state index in [0.717, 1.165) is 38.8 Å². The van der Waals surface area contributed by atoms with Gasteiger partial charge in [-0.3, -0.25) is 0 Å². The molecule has 3 N–H and O–H groups in total. The maximum atomic E-state index is 5.35. The van der Waals surface area contributed by atoms with Crippen LogP contribution in [0.4, 0.5) is 0 Å². The van der Waals surface area contributed by atoms with Crippen molar-refractivity contribution >= 4 is 0 Å². The summed E-state index contributed by atoms with van der Waals surface area (Å²) in [7, 11) is 0. The molecular formula is C8H18N2O. The lowest BCUT2D eigenvalue weighted by atomic mass is 10.0. The van der Waals surface area contributed by atoms with E-state index >= 15 is 0 Å². The second-order valence-electron chi connectivity index (χ2n) is 3.08. The van der Waals surface area contributed by atoms with E-state index in [1.54, 1.807) is 0 Å². The van der Waals surface area contributed by atoms with Crippen LogP contribution in [-0.2, 0) is 4.74 Å². The Hall–Kier alpha value is -0.120. The quantitative estimate of drug-likeness (QED) is 0.564. The first-order valence-electron chi connectivity index (χ1n) is 4.42. The highest BCUT2D eigenvalue weighted by atomic mass is 16.5. The number of hydrogen-bond acceptors (Lipinski definition) is 3. The zero-order chi connectivity index (χ0) is 7.94. The Bertz CT molecular complexity index is 92.1. The molecule has 0 bridgehead atoms. The van der Waals surface area contributed by atoms with E-state index in [9.17, 15) is 0 Å². The molecule has 1 aliphatic heterocycles. The van der Waals surface area contributed by atoms with E-state index in [2.05, 4.69) is 5.32 Å². The highest BCUT2D eigenvalue weighted by molar-refractivity contribution is 4.65. The fraction of sp³-hybridized carbons (Fsp3) is 1.00. The molecule has 1 heterocycles. The second-order valence-corrected chi connectivity index (χ2v) is 3.08. The summed E-state index contributed by atoms with van der Waals surface area (Å²) in [5, 5.41) is 3.30. The van der Waals surface area contributed by atoms with Crippen LogP contribution in [0.5, 0.6) is 0 Å². The molecule has 66 valence electrons. The van der Waals surface area contributed by atoms with Crippen molar-refractivity contribution in [3.63, 3.8) is 0 Å². The Morgan fingerprint density at radius 3 is 3.09 bits per heavy atom. The molecule has 1 aliphatic rings. The van der Waals surface area contributed by atoms with Crippen LogP contribution in [0.2, 0.25) is 0 Å². The number of ether oxygens (including phenoxy) is 1. The monoisotopic (exact) mass is 158 g/mol. The van der Waals surface area contributed by atoms with Crippen LogP contribution in [0.25, 0.3) is 0 Å². The third kappa shape index (κ3) is 3.70. The maximum Gasteiger partial charge on any atom is 0.0506 e. The number of nitrogens with two attached hydrogens (primary N) is 1. The highest BCUT2D eigenvalue weighted by Gasteiger charge is 2.12. The first-order valence-corrected chi connectivity index (χ1v) is 4.42. The minimum Gasteiger partial charge on any atom is -0.381 e. The first kappa shape index (κ1) is 8.97. The molecule has 0 aliphatic carbocycles. The molecule has 1 atom stereocenters. The van der Waals surface area contributed by atoms with Crippen molar-refractivity contribution in [2.45, 2.75) is 12.8 Å². The molecule has 0 spiro atoms. The van der Waals surface area contributed by atoms with Crippen LogP contribution >= 0.6 is 0 Å². The Labute approximate surface area is 68.3 Å². The van der Waals surface area contributed by atoms with E-state index in [0.29, 0.717) is 0 Å². The van der Waals surface area contributed by atoms with Gasteiger partial charge in [-0.25, -0.2) is 0 Å². The van der Waals surface area contributed by atoms with Crippen LogP contribution < -0.4 is 11.1 Å². The molecule has 3 heteroatoms. The molecular weight excluding hydrogens is 140 g/mol. The molecule has 0 saturated carbocycles. The molecule has 1 rings (SSSR count). The maximum absolute atomic E-state index is 5.35. The summed E-state index contributed by atoms with van der Waals surface area (Å²) in [5.74, 6) is 0.718. The molecule has 0 amide bonds. The predicted molar refractivity (Wildman–Crippen MR) is 45.5 cm³/mol. The standard InChI is InChI=1S/C8H18N2O/c9-3-4-10-6-8-2-1-5-11-7-8/h8,10H,1-7,9H2. The first-order chi connectivity index (χ1) is 5.43. The van der Waals surface area contributed by atoms with Gasteiger partial charge in [-0.2, -0.15) is 0 Å². The van der Waals surface area contributed by atoms with Gasteiger partial charge in [0.05, 0.1) is 6.61 Å². The van der Waals surface area contributed by atoms with Gasteiger partial charge in [-0.1, -0.05) is 0 Å². The Balaban J connectivity index is 1.96. The fourth-order valence-corrected chi connectivity index (χ4v) is 1.38. The minimum absolute atomic E-state index is 0.718. The smallest absolute Gasteiger partial charge is 0.0506 e. The van der Waals surface area contributed by atoms with Crippen LogP contribution in [0, 0.1) is 5.92 Å². The van der Waals surface area contributed by atoms with Crippen LogP contribution in [0.15, 0.2) is 0 Å². The fourth-order valence-electron chi connectivity index (χ4n) is 1.38. The van der Waals surface area contributed by atoms with Crippen LogP contribution in [0.1, 0.15) is 12.8 Å². The Morgan fingerprint density at radius 1 is 1.55 bits per heavy atom. The predicted octanol–water partition coefficient (Wildman–Crippen LogP) is -0.0387. The summed E-state index contributed by atoms with van der Waals surface area (Å²) >= 11 is 0. The number of nitrogens with one attached hydrogen (secondary N) is 1. The average Bonchev–Trinajstić information content (AvgIpc) is 2.07. The molecule has 1 unspecified atom stereocenters. The van der Waals surface area contributed by atoms with Crippen molar-refractivity contribution in [1.82, 2.24) is 5.32 Å². The lowest BCUT2D eigenvalue weighted by Gasteiger charge is -2.21. The van der Waals surface area contributed by atoms with Crippen molar-refractivity contribution in [1.29, 1.82) is 0 Å². The molecule has 0 aromatic rings. The largest absolute Gasteiger partial charge is 0.381 e. The average molecular weight is 158 g/mol. The van der Waals surface area contributed by atoms with Crippen molar-refractivity contribution in [3.8, 4) is 0 Å². The van der Waals surface area contributed by atoms with Gasteiger partial charge < -0.3 is 15.8 Å². The van der Waals surface area contributed by atoms with E-state index in [1.807, 2.05) is 0 Å². The summed E-state index contributed by atoms with van der Waals surface area (Å²) < 4.78 is 5.34. The van der Waals surface area contributed by atoms with Crippen molar-refractivity contribution in [2.75, 3.05) is 32.8 Å². The molecule has 0 radical (unpaired) electrons. The third-order valence-corrected chi connectivity index (χ3v) is 2.01. The van der Waals surface area contributed by atoms with Crippen LogP contribution in [-0.4, -0.2) is 32.8 Å². The normalized spacial score (nSPS) is 25.4. The second kappa shape index (κ2) is 5.52. The molecule has 1 fully saturated rings. The summed E-state index contributed by atoms with van der Waals surface area (Å²) in [6.45, 7) is 4.60. The zero-order valence-corrected chi connectivity index (χ0v) is 7.01. The van der Waals surface area contributed by atoms with E-state index in [4.69, 9.17) is 10.5 Å². The summed E-state index contributed by atoms with van der Waals surface area (Å²) in [4.78, 5) is 0. The lowest BCUT2D eigenvalue weighted by molar-refractivity contribution is 0.0550. The van der Waals surface area contributed by atoms with E-state index < -0.39 is 0 Å². The van der Waals surface area contributed by atoms with Gasteiger partial charge in [0.1, 0.15) is 0 Å². The lowest BCUT2D eigenvalue weighted by Crippen LogP contribution is -2.32. The van der Waals surface area contributed by atoms with Gasteiger partial charge in [0.2, 0.25) is 0 Å². The molecule has 1 saturated heterocycles. The van der Waals surface area contributed by atoms with Gasteiger partial charge in [-0.15, -0.1) is 0 Å². The Kier molecular flexibility index (Phi) is 4.50. The molecule has 11 heavy (non-hydrogen) atoms. The summed E-state index contributed by atoms with van der Waals surface area (Å²) in [6, 6.07) is 0. The van der Waals surface area contributed by atoms with Gasteiger partial charge >= 0.3 is 0 Å². The van der Waals surface area contributed by atoms with E-state index in [-0.39, 0.29) is 0 Å². The molecule has 0 aromatic carbocycles. The van der Waals surface area contributed by atoms with E-state index in [1.165, 1.54) is 12.8 Å².